The molecule has 4 nitrogen and oxygen atoms in total. The van der Waals surface area contributed by atoms with Crippen LogP contribution in [-0.2, 0) is 6.42 Å². The molecule has 5 heteroatoms. The van der Waals surface area contributed by atoms with Crippen molar-refractivity contribution in [2.45, 2.75) is 6.42 Å². The van der Waals surface area contributed by atoms with Gasteiger partial charge in [0.25, 0.3) is 5.91 Å². The second kappa shape index (κ2) is 5.75. The van der Waals surface area contributed by atoms with E-state index in [1.54, 1.807) is 23.3 Å². The van der Waals surface area contributed by atoms with Gasteiger partial charge in [-0.05, 0) is 30.0 Å². The van der Waals surface area contributed by atoms with E-state index in [0.717, 1.165) is 6.42 Å². The minimum atomic E-state index is -0.220. The molecular weight excluding hydrogens is 262 g/mol. The minimum absolute atomic E-state index is 0.116. The Morgan fingerprint density at radius 2 is 1.95 bits per heavy atom. The Kier molecular flexibility index (Phi) is 4.06. The topological polar surface area (TPSA) is 60.8 Å². The fraction of sp³-hybridized carbons (Fsp3) is 0.214. The molecule has 0 atom stereocenters. The Hall–Kier alpha value is -2.01. The van der Waals surface area contributed by atoms with Crippen LogP contribution in [0.1, 0.15) is 15.2 Å². The first-order chi connectivity index (χ1) is 9.06. The molecular formula is C14H15NO3S. The number of benzene rings is 1. The zero-order valence-corrected chi connectivity index (χ0v) is 11.4. The van der Waals surface area contributed by atoms with Crippen molar-refractivity contribution in [3.63, 3.8) is 0 Å². The summed E-state index contributed by atoms with van der Waals surface area (Å²) in [5.41, 5.74) is 0.283. The summed E-state index contributed by atoms with van der Waals surface area (Å²) in [6, 6.07) is 7.91. The third-order valence-corrected chi connectivity index (χ3v) is 3.71. The first-order valence-corrected chi connectivity index (χ1v) is 6.75. The Morgan fingerprint density at radius 3 is 2.53 bits per heavy atom. The van der Waals surface area contributed by atoms with E-state index in [4.69, 9.17) is 0 Å². The smallest absolute Gasteiger partial charge is 0.253 e. The number of aromatic hydroxyl groups is 2. The number of carbonyl (C=O) groups is 1. The van der Waals surface area contributed by atoms with Crippen molar-refractivity contribution >= 4 is 17.2 Å². The molecule has 1 amide bonds. The molecule has 2 N–H and O–H groups in total. The molecule has 1 aromatic carbocycles. The van der Waals surface area contributed by atoms with E-state index in [1.165, 1.54) is 23.1 Å². The van der Waals surface area contributed by atoms with Crippen molar-refractivity contribution in [2.75, 3.05) is 13.6 Å². The molecule has 0 saturated carbocycles. The van der Waals surface area contributed by atoms with E-state index in [0.29, 0.717) is 6.54 Å². The number of phenols is 2. The zero-order valence-electron chi connectivity index (χ0n) is 10.5. The largest absolute Gasteiger partial charge is 0.508 e. The molecule has 19 heavy (non-hydrogen) atoms. The minimum Gasteiger partial charge on any atom is -0.508 e. The summed E-state index contributed by atoms with van der Waals surface area (Å²) in [6.07, 6.45) is 0.796. The molecule has 2 aromatic rings. The molecule has 0 saturated heterocycles. The fourth-order valence-corrected chi connectivity index (χ4v) is 2.47. The predicted octanol–water partition coefficient (Wildman–Crippen LogP) is 2.47. The van der Waals surface area contributed by atoms with Gasteiger partial charge in [0.15, 0.2) is 0 Å². The molecule has 100 valence electrons. The highest BCUT2D eigenvalue weighted by molar-refractivity contribution is 7.09. The fourth-order valence-electron chi connectivity index (χ4n) is 1.77. The van der Waals surface area contributed by atoms with Crippen molar-refractivity contribution in [1.29, 1.82) is 0 Å². The van der Waals surface area contributed by atoms with Gasteiger partial charge in [-0.2, -0.15) is 0 Å². The molecule has 0 unspecified atom stereocenters. The normalized spacial score (nSPS) is 10.4. The van der Waals surface area contributed by atoms with Crippen LogP contribution in [0.2, 0.25) is 0 Å². The number of hydrogen-bond donors (Lipinski definition) is 2. The number of thiophene rings is 1. The van der Waals surface area contributed by atoms with Crippen molar-refractivity contribution in [3.8, 4) is 11.5 Å². The first-order valence-electron chi connectivity index (χ1n) is 5.87. The van der Waals surface area contributed by atoms with Crippen LogP contribution >= 0.6 is 11.3 Å². The van der Waals surface area contributed by atoms with Crippen molar-refractivity contribution in [3.05, 3.63) is 46.2 Å². The number of amides is 1. The van der Waals surface area contributed by atoms with Crippen LogP contribution in [-0.4, -0.2) is 34.6 Å². The van der Waals surface area contributed by atoms with Gasteiger partial charge < -0.3 is 15.1 Å². The third kappa shape index (κ3) is 3.48. The quantitative estimate of drug-likeness (QED) is 0.902. The summed E-state index contributed by atoms with van der Waals surface area (Å²) < 4.78 is 0. The summed E-state index contributed by atoms with van der Waals surface area (Å²) in [6.45, 7) is 0.593. The summed E-state index contributed by atoms with van der Waals surface area (Å²) in [4.78, 5) is 14.9. The number of hydrogen-bond acceptors (Lipinski definition) is 4. The summed E-state index contributed by atoms with van der Waals surface area (Å²) in [5.74, 6) is -0.451. The average molecular weight is 277 g/mol. The van der Waals surface area contributed by atoms with Gasteiger partial charge in [0.2, 0.25) is 0 Å². The molecule has 1 aromatic heterocycles. The van der Waals surface area contributed by atoms with Gasteiger partial charge in [0.05, 0.1) is 0 Å². The van der Waals surface area contributed by atoms with Crippen LogP contribution in [0.25, 0.3) is 0 Å². The van der Waals surface area contributed by atoms with Gasteiger partial charge in [-0.25, -0.2) is 0 Å². The van der Waals surface area contributed by atoms with Crippen LogP contribution < -0.4 is 0 Å². The second-order valence-electron chi connectivity index (χ2n) is 4.29. The van der Waals surface area contributed by atoms with E-state index in [9.17, 15) is 15.0 Å². The van der Waals surface area contributed by atoms with Gasteiger partial charge in [0.1, 0.15) is 11.5 Å². The molecule has 0 aliphatic rings. The Morgan fingerprint density at radius 1 is 1.26 bits per heavy atom. The maximum absolute atomic E-state index is 12.1. The average Bonchev–Trinajstić information content (AvgIpc) is 2.87. The third-order valence-electron chi connectivity index (χ3n) is 2.77. The lowest BCUT2D eigenvalue weighted by atomic mass is 10.1. The SMILES string of the molecule is CN(CCc1cccs1)C(=O)c1cc(O)cc(O)c1. The number of carbonyl (C=O) groups excluding carboxylic acids is 1. The summed E-state index contributed by atoms with van der Waals surface area (Å²) in [7, 11) is 1.71. The summed E-state index contributed by atoms with van der Waals surface area (Å²) >= 11 is 1.66. The lowest BCUT2D eigenvalue weighted by Gasteiger charge is -2.17. The highest BCUT2D eigenvalue weighted by atomic mass is 32.1. The Bertz CT molecular complexity index is 546. The van der Waals surface area contributed by atoms with E-state index >= 15 is 0 Å². The van der Waals surface area contributed by atoms with Crippen LogP contribution in [0.15, 0.2) is 35.7 Å². The van der Waals surface area contributed by atoms with E-state index in [-0.39, 0.29) is 23.0 Å². The van der Waals surface area contributed by atoms with Crippen LogP contribution in [0, 0.1) is 0 Å². The van der Waals surface area contributed by atoms with Gasteiger partial charge in [0, 0.05) is 30.1 Å². The number of phenolic OH excluding ortho intramolecular Hbond substituents is 2. The van der Waals surface area contributed by atoms with Crippen LogP contribution in [0.3, 0.4) is 0 Å². The van der Waals surface area contributed by atoms with Crippen LogP contribution in [0.4, 0.5) is 0 Å². The zero-order chi connectivity index (χ0) is 13.8. The van der Waals surface area contributed by atoms with Crippen molar-refractivity contribution in [2.24, 2.45) is 0 Å². The molecule has 0 radical (unpaired) electrons. The maximum Gasteiger partial charge on any atom is 0.253 e. The molecule has 2 rings (SSSR count). The maximum atomic E-state index is 12.1. The molecule has 0 fully saturated rings. The Balaban J connectivity index is 2.02. The van der Waals surface area contributed by atoms with E-state index in [2.05, 4.69) is 0 Å². The highest BCUT2D eigenvalue weighted by Crippen LogP contribution is 2.21. The second-order valence-corrected chi connectivity index (χ2v) is 5.33. The molecule has 1 heterocycles. The molecule has 0 aliphatic heterocycles. The number of likely N-dealkylation sites (N-methyl/N-ethyl adjacent to an activating group) is 1. The van der Waals surface area contributed by atoms with E-state index < -0.39 is 0 Å². The molecule has 0 aliphatic carbocycles. The van der Waals surface area contributed by atoms with Crippen molar-refractivity contribution < 1.29 is 15.0 Å². The standard InChI is InChI=1S/C14H15NO3S/c1-15(5-4-13-3-2-6-19-13)14(18)10-7-11(16)9-12(17)8-10/h2-3,6-9,16-17H,4-5H2,1H3. The lowest BCUT2D eigenvalue weighted by molar-refractivity contribution is 0.0796. The van der Waals surface area contributed by atoms with Crippen molar-refractivity contribution in [1.82, 2.24) is 4.90 Å². The number of nitrogens with zero attached hydrogens (tertiary/aromatic N) is 1. The van der Waals surface area contributed by atoms with Gasteiger partial charge >= 0.3 is 0 Å². The van der Waals surface area contributed by atoms with E-state index in [1.807, 2.05) is 17.5 Å². The molecule has 0 spiro atoms. The summed E-state index contributed by atoms with van der Waals surface area (Å²) in [5, 5.41) is 20.8. The lowest BCUT2D eigenvalue weighted by Crippen LogP contribution is -2.28. The predicted molar refractivity (Wildman–Crippen MR) is 74.8 cm³/mol. The van der Waals surface area contributed by atoms with Gasteiger partial charge in [-0.1, -0.05) is 6.07 Å². The molecule has 0 bridgehead atoms. The highest BCUT2D eigenvalue weighted by Gasteiger charge is 2.13. The monoisotopic (exact) mass is 277 g/mol. The Labute approximate surface area is 115 Å². The van der Waals surface area contributed by atoms with Crippen LogP contribution in [0.5, 0.6) is 11.5 Å². The van der Waals surface area contributed by atoms with Gasteiger partial charge in [-0.3, -0.25) is 4.79 Å². The first kappa shape index (κ1) is 13.4. The number of rotatable bonds is 4. The van der Waals surface area contributed by atoms with Gasteiger partial charge in [-0.15, -0.1) is 11.3 Å².